The van der Waals surface area contributed by atoms with Gasteiger partial charge in [-0.25, -0.2) is 4.39 Å². The number of nitrogens with zero attached hydrogens (tertiary/aromatic N) is 2. The Morgan fingerprint density at radius 1 is 1.20 bits per heavy atom. The molecule has 1 N–H and O–H groups in total. The maximum atomic E-state index is 13.2. The molecule has 0 radical (unpaired) electrons. The van der Waals surface area contributed by atoms with E-state index in [1.807, 2.05) is 9.80 Å². The van der Waals surface area contributed by atoms with E-state index in [4.69, 9.17) is 0 Å². The number of nitrogens with one attached hydrogen (secondary N) is 1. The molecule has 7 heteroatoms. The molecular formula is C23H32FN3O3. The normalized spacial score (nSPS) is 19.3. The molecule has 0 aromatic heterocycles. The monoisotopic (exact) mass is 417 g/mol. The van der Waals surface area contributed by atoms with Crippen molar-refractivity contribution in [1.82, 2.24) is 9.80 Å². The van der Waals surface area contributed by atoms with Crippen LogP contribution in [-0.4, -0.2) is 53.7 Å². The van der Waals surface area contributed by atoms with Gasteiger partial charge in [0.15, 0.2) is 0 Å². The van der Waals surface area contributed by atoms with Gasteiger partial charge in [0, 0.05) is 51.1 Å². The third-order valence-corrected chi connectivity index (χ3v) is 6.10. The number of carbonyl (C=O) groups is 3. The molecule has 2 fully saturated rings. The van der Waals surface area contributed by atoms with Crippen molar-refractivity contribution < 1.29 is 18.8 Å². The summed E-state index contributed by atoms with van der Waals surface area (Å²) in [6.45, 7) is 4.73. The molecule has 0 spiro atoms. The van der Waals surface area contributed by atoms with Crippen LogP contribution in [0, 0.1) is 18.7 Å². The second-order valence-electron chi connectivity index (χ2n) is 8.48. The lowest BCUT2D eigenvalue weighted by molar-refractivity contribution is -0.134. The molecule has 0 unspecified atom stereocenters. The molecular weight excluding hydrogens is 385 g/mol. The Morgan fingerprint density at radius 3 is 2.77 bits per heavy atom. The molecule has 2 heterocycles. The fourth-order valence-electron chi connectivity index (χ4n) is 4.36. The number of piperidine rings is 1. The Bertz CT molecular complexity index is 783. The van der Waals surface area contributed by atoms with Gasteiger partial charge in [-0.15, -0.1) is 0 Å². The topological polar surface area (TPSA) is 69.7 Å². The summed E-state index contributed by atoms with van der Waals surface area (Å²) in [6.07, 6.45) is 5.85. The average Bonchev–Trinajstić information content (AvgIpc) is 3.13. The Morgan fingerprint density at radius 2 is 2.03 bits per heavy atom. The van der Waals surface area contributed by atoms with Crippen molar-refractivity contribution in [1.29, 1.82) is 0 Å². The van der Waals surface area contributed by atoms with Crippen molar-refractivity contribution >= 4 is 23.4 Å². The summed E-state index contributed by atoms with van der Waals surface area (Å²) >= 11 is 0. The second-order valence-corrected chi connectivity index (χ2v) is 8.48. The van der Waals surface area contributed by atoms with Gasteiger partial charge in [-0.1, -0.05) is 0 Å². The van der Waals surface area contributed by atoms with Gasteiger partial charge >= 0.3 is 0 Å². The third-order valence-electron chi connectivity index (χ3n) is 6.10. The van der Waals surface area contributed by atoms with Crippen LogP contribution in [0.15, 0.2) is 18.2 Å². The highest BCUT2D eigenvalue weighted by Crippen LogP contribution is 2.23. The van der Waals surface area contributed by atoms with Crippen LogP contribution in [0.4, 0.5) is 10.1 Å². The van der Waals surface area contributed by atoms with Crippen molar-refractivity contribution in [3.63, 3.8) is 0 Å². The maximum absolute atomic E-state index is 13.2. The van der Waals surface area contributed by atoms with E-state index in [0.717, 1.165) is 38.8 Å². The zero-order chi connectivity index (χ0) is 21.5. The first-order valence-corrected chi connectivity index (χ1v) is 11.0. The Hall–Kier alpha value is -2.44. The fraction of sp³-hybridized carbons (Fsp3) is 0.609. The van der Waals surface area contributed by atoms with E-state index in [1.54, 1.807) is 13.0 Å². The minimum atomic E-state index is -0.315. The van der Waals surface area contributed by atoms with Crippen molar-refractivity contribution in [2.75, 3.05) is 31.5 Å². The highest BCUT2D eigenvalue weighted by molar-refractivity contribution is 5.91. The molecule has 30 heavy (non-hydrogen) atoms. The number of hydrogen-bond donors (Lipinski definition) is 1. The third kappa shape index (κ3) is 6.28. The molecule has 0 aliphatic carbocycles. The highest BCUT2D eigenvalue weighted by atomic mass is 19.1. The fourth-order valence-corrected chi connectivity index (χ4v) is 4.36. The first-order valence-electron chi connectivity index (χ1n) is 11.0. The number of amides is 3. The Kier molecular flexibility index (Phi) is 7.82. The van der Waals surface area contributed by atoms with Gasteiger partial charge < -0.3 is 15.1 Å². The summed E-state index contributed by atoms with van der Waals surface area (Å²) < 4.78 is 13.2. The number of anilines is 1. The molecule has 0 bridgehead atoms. The molecule has 1 aromatic rings. The average molecular weight is 418 g/mol. The van der Waals surface area contributed by atoms with Crippen LogP contribution in [0.5, 0.6) is 0 Å². The van der Waals surface area contributed by atoms with Gasteiger partial charge in [0.1, 0.15) is 5.82 Å². The van der Waals surface area contributed by atoms with Crippen molar-refractivity contribution in [2.24, 2.45) is 5.92 Å². The molecule has 6 nitrogen and oxygen atoms in total. The van der Waals surface area contributed by atoms with Crippen LogP contribution in [0.25, 0.3) is 0 Å². The van der Waals surface area contributed by atoms with Crippen molar-refractivity contribution in [3.8, 4) is 0 Å². The molecule has 164 valence electrons. The lowest BCUT2D eigenvalue weighted by atomic mass is 9.93. The number of hydrogen-bond acceptors (Lipinski definition) is 3. The molecule has 1 atom stereocenters. The SMILES string of the molecule is Cc1cc(F)ccc1NC(=O)CC[C@@H]1CCCN(C(=O)CCCN2CCCC2=O)C1. The van der Waals surface area contributed by atoms with Crippen molar-refractivity contribution in [2.45, 2.75) is 58.3 Å². The van der Waals surface area contributed by atoms with Gasteiger partial charge in [-0.05, 0) is 68.7 Å². The molecule has 0 saturated carbocycles. The number of likely N-dealkylation sites (tertiary alicyclic amines) is 2. The standard InChI is InChI=1S/C23H32FN3O3/c1-17-15-19(24)9-10-20(17)25-21(28)11-8-18-5-2-14-27(16-18)23(30)7-4-13-26-12-3-6-22(26)29/h9-10,15,18H,2-8,11-14,16H2,1H3,(H,25,28)/t18-/m0/s1. The summed E-state index contributed by atoms with van der Waals surface area (Å²) in [4.78, 5) is 40.3. The molecule has 2 aliphatic rings. The van der Waals surface area contributed by atoms with Crippen LogP contribution in [0.3, 0.4) is 0 Å². The predicted molar refractivity (Wildman–Crippen MR) is 113 cm³/mol. The van der Waals surface area contributed by atoms with E-state index in [0.29, 0.717) is 55.9 Å². The number of benzene rings is 1. The Labute approximate surface area is 177 Å². The van der Waals surface area contributed by atoms with Gasteiger partial charge in [-0.2, -0.15) is 0 Å². The predicted octanol–water partition coefficient (Wildman–Crippen LogP) is 3.49. The minimum Gasteiger partial charge on any atom is -0.343 e. The van der Waals surface area contributed by atoms with E-state index in [9.17, 15) is 18.8 Å². The van der Waals surface area contributed by atoms with E-state index in [1.165, 1.54) is 12.1 Å². The van der Waals surface area contributed by atoms with Crippen LogP contribution in [0.1, 0.15) is 56.9 Å². The van der Waals surface area contributed by atoms with E-state index in [-0.39, 0.29) is 23.5 Å². The van der Waals surface area contributed by atoms with Gasteiger partial charge in [-0.3, -0.25) is 14.4 Å². The zero-order valence-corrected chi connectivity index (χ0v) is 17.8. The number of rotatable bonds is 8. The highest BCUT2D eigenvalue weighted by Gasteiger charge is 2.25. The van der Waals surface area contributed by atoms with E-state index < -0.39 is 0 Å². The Balaban J connectivity index is 1.38. The van der Waals surface area contributed by atoms with Gasteiger partial charge in [0.2, 0.25) is 17.7 Å². The molecule has 1 aromatic carbocycles. The van der Waals surface area contributed by atoms with Crippen LogP contribution in [-0.2, 0) is 14.4 Å². The lowest BCUT2D eigenvalue weighted by Gasteiger charge is -2.33. The van der Waals surface area contributed by atoms with E-state index >= 15 is 0 Å². The number of aryl methyl sites for hydroxylation is 1. The maximum Gasteiger partial charge on any atom is 0.224 e. The largest absolute Gasteiger partial charge is 0.343 e. The summed E-state index contributed by atoms with van der Waals surface area (Å²) in [7, 11) is 0. The first kappa shape index (κ1) is 22.2. The smallest absolute Gasteiger partial charge is 0.224 e. The van der Waals surface area contributed by atoms with E-state index in [2.05, 4.69) is 5.32 Å². The molecule has 3 amide bonds. The van der Waals surface area contributed by atoms with Gasteiger partial charge in [0.05, 0.1) is 0 Å². The quantitative estimate of drug-likeness (QED) is 0.704. The lowest BCUT2D eigenvalue weighted by Crippen LogP contribution is -2.40. The summed E-state index contributed by atoms with van der Waals surface area (Å²) in [5, 5.41) is 2.85. The zero-order valence-electron chi connectivity index (χ0n) is 17.8. The second kappa shape index (κ2) is 10.5. The molecule has 2 saturated heterocycles. The summed E-state index contributed by atoms with van der Waals surface area (Å²) in [5.41, 5.74) is 1.34. The molecule has 2 aliphatic heterocycles. The van der Waals surface area contributed by atoms with Crippen LogP contribution in [0.2, 0.25) is 0 Å². The summed E-state index contributed by atoms with van der Waals surface area (Å²) in [6, 6.07) is 4.33. The summed E-state index contributed by atoms with van der Waals surface area (Å²) in [5.74, 6) is 0.281. The van der Waals surface area contributed by atoms with Crippen molar-refractivity contribution in [3.05, 3.63) is 29.6 Å². The van der Waals surface area contributed by atoms with Gasteiger partial charge in [0.25, 0.3) is 0 Å². The van der Waals surface area contributed by atoms with Crippen LogP contribution >= 0.6 is 0 Å². The first-order chi connectivity index (χ1) is 14.4. The van der Waals surface area contributed by atoms with Crippen LogP contribution < -0.4 is 5.32 Å². The number of carbonyl (C=O) groups excluding carboxylic acids is 3. The number of halogens is 1. The minimum absolute atomic E-state index is 0.0801. The molecule has 3 rings (SSSR count).